The molecule has 2 amide bonds. The van der Waals surface area contributed by atoms with E-state index in [4.69, 9.17) is 32.9 Å². The highest BCUT2D eigenvalue weighted by Gasteiger charge is 2.32. The van der Waals surface area contributed by atoms with Crippen LogP contribution >= 0.6 is 23.2 Å². The highest BCUT2D eigenvalue weighted by atomic mass is 35.5. The molecule has 0 saturated heterocycles. The molecule has 3 N–H and O–H groups in total. The summed E-state index contributed by atoms with van der Waals surface area (Å²) in [5.41, 5.74) is 4.58. The summed E-state index contributed by atoms with van der Waals surface area (Å²) in [6.45, 7) is 4.08. The van der Waals surface area contributed by atoms with Gasteiger partial charge in [-0.2, -0.15) is 0 Å². The molecule has 0 fully saturated rings. The summed E-state index contributed by atoms with van der Waals surface area (Å²) < 4.78 is 8.82. The second-order valence-electron chi connectivity index (χ2n) is 13.1. The smallest absolute Gasteiger partial charge is 0.280 e. The normalized spacial score (nSPS) is 11.6. The van der Waals surface area contributed by atoms with Crippen LogP contribution in [0.15, 0.2) is 96.2 Å². The predicted octanol–water partition coefficient (Wildman–Crippen LogP) is 9.86. The third kappa shape index (κ3) is 11.0. The molecule has 5 rings (SSSR count). The van der Waals surface area contributed by atoms with Crippen LogP contribution in [0.2, 0.25) is 10.3 Å². The van der Waals surface area contributed by atoms with Crippen LogP contribution in [0.5, 0.6) is 11.5 Å². The summed E-state index contributed by atoms with van der Waals surface area (Å²) in [7, 11) is 0. The molecule has 0 aliphatic heterocycles. The lowest BCUT2D eigenvalue weighted by Crippen LogP contribution is -2.39. The number of ether oxygens (including phenoxy) is 1. The number of carbonyl (C=O) groups excluding carboxylic acids is 2. The number of hydrogen-bond acceptors (Lipinski definition) is 7. The largest absolute Gasteiger partial charge is 0.455 e. The van der Waals surface area contributed by atoms with Crippen LogP contribution in [0.25, 0.3) is 11.1 Å². The number of halogens is 2. The van der Waals surface area contributed by atoms with Crippen molar-refractivity contribution >= 4 is 46.4 Å². The average Bonchev–Trinajstić information content (AvgIpc) is 3.49. The van der Waals surface area contributed by atoms with Gasteiger partial charge in [0.2, 0.25) is 5.91 Å². The lowest BCUT2D eigenvalue weighted by molar-refractivity contribution is -0.118. The van der Waals surface area contributed by atoms with E-state index in [0.29, 0.717) is 34.9 Å². The number of nitrogens with one attached hydrogen (secondary N) is 3. The van der Waals surface area contributed by atoms with E-state index < -0.39 is 11.9 Å². The van der Waals surface area contributed by atoms with Gasteiger partial charge in [0.1, 0.15) is 10.9 Å². The Bertz CT molecular complexity index is 2040. The summed E-state index contributed by atoms with van der Waals surface area (Å²) in [4.78, 5) is 49.7. The van der Waals surface area contributed by atoms with Gasteiger partial charge in [0.05, 0.1) is 17.6 Å². The fraction of sp³-hybridized carbons (Fsp3) is 0.341. The van der Waals surface area contributed by atoms with Crippen molar-refractivity contribution in [1.29, 1.82) is 0 Å². The second-order valence-corrected chi connectivity index (χ2v) is 13.8. The van der Waals surface area contributed by atoms with Gasteiger partial charge in [0.15, 0.2) is 22.8 Å². The topological polar surface area (TPSA) is 132 Å². The number of benzene rings is 3. The molecule has 1 atom stereocenters. The molecule has 0 aliphatic rings. The molecule has 13 heteroatoms. The Morgan fingerprint density at radius 2 is 1.46 bits per heavy atom. The predicted molar refractivity (Wildman–Crippen MR) is 216 cm³/mol. The van der Waals surface area contributed by atoms with Crippen molar-refractivity contribution in [3.05, 3.63) is 118 Å². The van der Waals surface area contributed by atoms with Crippen molar-refractivity contribution in [1.82, 2.24) is 19.2 Å². The van der Waals surface area contributed by atoms with Gasteiger partial charge in [-0.15, -0.1) is 0 Å². The van der Waals surface area contributed by atoms with Gasteiger partial charge < -0.3 is 25.4 Å². The van der Waals surface area contributed by atoms with E-state index in [1.165, 1.54) is 73.6 Å². The Balaban J connectivity index is 1.47. The van der Waals surface area contributed by atoms with E-state index in [9.17, 15) is 14.4 Å². The zero-order valence-electron chi connectivity index (χ0n) is 30.7. The monoisotopic (exact) mass is 771 g/mol. The third-order valence-electron chi connectivity index (χ3n) is 8.87. The Morgan fingerprint density at radius 1 is 0.815 bits per heavy atom. The number of hydrogen-bond donors (Lipinski definition) is 3. The fourth-order valence-corrected chi connectivity index (χ4v) is 6.45. The standard InChI is InChI=1S/C41H47Cl2N7O4/c1-3-4-5-6-7-8-9-10-11-18-25-46-50-39(44-27-33(41(50)53)30-19-14-12-15-20-30)36(49-28-45-37(42)38(49)43)40(52)48-34-26-31(47-29(2)51)23-24-35(34)54-32-21-16-13-17-22-32/h12-17,19-24,26-28,36,46H,3-11,18,25H2,1-2H3,(H,47,51)(H,48,52). The highest BCUT2D eigenvalue weighted by molar-refractivity contribution is 6.40. The van der Waals surface area contributed by atoms with Crippen LogP contribution in [0, 0.1) is 0 Å². The number of aromatic nitrogens is 4. The summed E-state index contributed by atoms with van der Waals surface area (Å²) in [6.07, 6.45) is 14.5. The van der Waals surface area contributed by atoms with Gasteiger partial charge in [-0.25, -0.2) is 14.6 Å². The summed E-state index contributed by atoms with van der Waals surface area (Å²) in [6, 6.07) is 21.9. The first-order valence-electron chi connectivity index (χ1n) is 18.5. The summed E-state index contributed by atoms with van der Waals surface area (Å²) in [5.74, 6) is -0.0196. The molecule has 5 aromatic rings. The molecule has 54 heavy (non-hydrogen) atoms. The zero-order valence-corrected chi connectivity index (χ0v) is 32.2. The fourth-order valence-electron chi connectivity index (χ4n) is 6.12. The number of anilines is 2. The summed E-state index contributed by atoms with van der Waals surface area (Å²) in [5, 5.41) is 5.63. The minimum Gasteiger partial charge on any atom is -0.455 e. The molecule has 2 aromatic heterocycles. The molecule has 284 valence electrons. The van der Waals surface area contributed by atoms with E-state index in [1.54, 1.807) is 30.3 Å². The average molecular weight is 773 g/mol. The molecule has 2 heterocycles. The number of amides is 2. The van der Waals surface area contributed by atoms with Gasteiger partial charge in [-0.05, 0) is 42.3 Å². The maximum atomic E-state index is 14.6. The molecule has 3 aromatic carbocycles. The maximum Gasteiger partial charge on any atom is 0.280 e. The highest BCUT2D eigenvalue weighted by Crippen LogP contribution is 2.34. The quantitative estimate of drug-likeness (QED) is 0.0671. The van der Waals surface area contributed by atoms with Crippen molar-refractivity contribution in [3.8, 4) is 22.6 Å². The van der Waals surface area contributed by atoms with Gasteiger partial charge in [-0.3, -0.25) is 14.4 Å². The first kappa shape index (κ1) is 40.1. The molecule has 0 saturated carbocycles. The van der Waals surface area contributed by atoms with Crippen LogP contribution in [0.3, 0.4) is 0 Å². The number of imidazole rings is 1. The minimum atomic E-state index is -1.33. The van der Waals surface area contributed by atoms with Gasteiger partial charge in [-0.1, -0.05) is 136 Å². The van der Waals surface area contributed by atoms with Crippen LogP contribution in [-0.2, 0) is 9.59 Å². The van der Waals surface area contributed by atoms with Crippen LogP contribution in [0.4, 0.5) is 11.4 Å². The lowest BCUT2D eigenvalue weighted by atomic mass is 10.1. The number of carbonyl (C=O) groups is 2. The van der Waals surface area contributed by atoms with Crippen LogP contribution in [0.1, 0.15) is 89.9 Å². The lowest BCUT2D eigenvalue weighted by Gasteiger charge is -2.24. The zero-order chi connectivity index (χ0) is 38.3. The van der Waals surface area contributed by atoms with E-state index >= 15 is 0 Å². The Morgan fingerprint density at radius 3 is 2.09 bits per heavy atom. The first-order valence-corrected chi connectivity index (χ1v) is 19.3. The van der Waals surface area contributed by atoms with Crippen LogP contribution in [-0.4, -0.2) is 37.6 Å². The van der Waals surface area contributed by atoms with E-state index in [0.717, 1.165) is 19.3 Å². The van der Waals surface area contributed by atoms with Gasteiger partial charge >= 0.3 is 0 Å². The Labute approximate surface area is 326 Å². The molecular formula is C41H47Cl2N7O4. The van der Waals surface area contributed by atoms with Crippen molar-refractivity contribution < 1.29 is 14.3 Å². The minimum absolute atomic E-state index is 0.0211. The molecule has 0 bridgehead atoms. The van der Waals surface area contributed by atoms with E-state index in [2.05, 4.69) is 28.0 Å². The van der Waals surface area contributed by atoms with Gasteiger partial charge in [0.25, 0.3) is 11.5 Å². The molecule has 1 unspecified atom stereocenters. The number of unbranched alkanes of at least 4 members (excludes halogenated alkanes) is 9. The number of rotatable bonds is 20. The Kier molecular flexibility index (Phi) is 15.1. The SMILES string of the molecule is CCCCCCCCCCCCNn1c(C(C(=O)Nc2cc(NC(C)=O)ccc2Oc2ccccc2)n2cnc(Cl)c2Cl)ncc(-c2ccccc2)c1=O. The molecule has 11 nitrogen and oxygen atoms in total. The van der Waals surface area contributed by atoms with Crippen LogP contribution < -0.4 is 26.4 Å². The van der Waals surface area contributed by atoms with Crippen molar-refractivity contribution in [3.63, 3.8) is 0 Å². The Hall–Kier alpha value is -5.13. The molecular weight excluding hydrogens is 725 g/mol. The third-order valence-corrected chi connectivity index (χ3v) is 9.61. The maximum absolute atomic E-state index is 14.6. The summed E-state index contributed by atoms with van der Waals surface area (Å²) >= 11 is 13.0. The molecule has 0 spiro atoms. The van der Waals surface area contributed by atoms with Gasteiger partial charge in [0, 0.05) is 25.4 Å². The number of para-hydroxylation sites is 1. The van der Waals surface area contributed by atoms with Crippen molar-refractivity contribution in [2.45, 2.75) is 84.1 Å². The van der Waals surface area contributed by atoms with E-state index in [-0.39, 0.29) is 33.3 Å². The molecule has 0 aliphatic carbocycles. The van der Waals surface area contributed by atoms with Crippen molar-refractivity contribution in [2.75, 3.05) is 22.6 Å². The second kappa shape index (κ2) is 20.4. The van der Waals surface area contributed by atoms with Crippen molar-refractivity contribution in [2.24, 2.45) is 0 Å². The number of nitrogens with zero attached hydrogens (tertiary/aromatic N) is 4. The van der Waals surface area contributed by atoms with E-state index in [1.807, 2.05) is 48.5 Å². The molecule has 0 radical (unpaired) electrons. The first-order chi connectivity index (χ1) is 26.3.